The third kappa shape index (κ3) is 3.16. The van der Waals surface area contributed by atoms with Crippen molar-refractivity contribution in [2.75, 3.05) is 18.0 Å². The number of benzene rings is 2. The maximum Gasteiger partial charge on any atom is 0.335 e. The standard InChI is InChI=1S/C17H17NO3/c19-17(20)13-4-3-5-16(12-13)21-15-8-6-14(7-9-15)18-10-1-2-11-18/h3-9,12H,1-2,10-11H2,(H,19,20). The lowest BCUT2D eigenvalue weighted by Crippen LogP contribution is -2.17. The van der Waals surface area contributed by atoms with E-state index in [1.165, 1.54) is 24.6 Å². The molecule has 4 nitrogen and oxygen atoms in total. The molecule has 0 saturated carbocycles. The van der Waals surface area contributed by atoms with E-state index in [0.717, 1.165) is 13.1 Å². The predicted molar refractivity (Wildman–Crippen MR) is 81.4 cm³/mol. The normalized spacial score (nSPS) is 14.2. The van der Waals surface area contributed by atoms with Crippen molar-refractivity contribution in [1.29, 1.82) is 0 Å². The Bertz CT molecular complexity index is 631. The highest BCUT2D eigenvalue weighted by atomic mass is 16.5. The fourth-order valence-electron chi connectivity index (χ4n) is 2.53. The van der Waals surface area contributed by atoms with Gasteiger partial charge in [-0.2, -0.15) is 0 Å². The van der Waals surface area contributed by atoms with Crippen LogP contribution < -0.4 is 9.64 Å². The highest BCUT2D eigenvalue weighted by Gasteiger charge is 2.12. The number of rotatable bonds is 4. The molecule has 1 heterocycles. The van der Waals surface area contributed by atoms with Crippen molar-refractivity contribution in [1.82, 2.24) is 0 Å². The van der Waals surface area contributed by atoms with Gasteiger partial charge >= 0.3 is 5.97 Å². The molecule has 1 aliphatic rings. The number of anilines is 1. The van der Waals surface area contributed by atoms with Gasteiger partial charge in [-0.1, -0.05) is 6.07 Å². The smallest absolute Gasteiger partial charge is 0.335 e. The Balaban J connectivity index is 1.72. The number of aromatic carboxylic acids is 1. The second-order valence-electron chi connectivity index (χ2n) is 5.12. The zero-order valence-corrected chi connectivity index (χ0v) is 11.7. The van der Waals surface area contributed by atoms with E-state index < -0.39 is 5.97 Å². The molecule has 1 aliphatic heterocycles. The first kappa shape index (κ1) is 13.5. The van der Waals surface area contributed by atoms with Crippen LogP contribution in [0, 0.1) is 0 Å². The summed E-state index contributed by atoms with van der Waals surface area (Å²) >= 11 is 0. The van der Waals surface area contributed by atoms with Gasteiger partial charge in [-0.3, -0.25) is 0 Å². The Kier molecular flexibility index (Phi) is 3.77. The van der Waals surface area contributed by atoms with Crippen molar-refractivity contribution < 1.29 is 14.6 Å². The second kappa shape index (κ2) is 5.87. The van der Waals surface area contributed by atoms with Gasteiger partial charge in [0.15, 0.2) is 0 Å². The van der Waals surface area contributed by atoms with E-state index in [1.807, 2.05) is 24.3 Å². The lowest BCUT2D eigenvalue weighted by Gasteiger charge is -2.17. The third-order valence-electron chi connectivity index (χ3n) is 3.62. The molecule has 0 aliphatic carbocycles. The monoisotopic (exact) mass is 283 g/mol. The van der Waals surface area contributed by atoms with Gasteiger partial charge in [0.05, 0.1) is 5.56 Å². The molecule has 1 N–H and O–H groups in total. The Hall–Kier alpha value is -2.49. The van der Waals surface area contributed by atoms with Gasteiger partial charge in [-0.05, 0) is 55.3 Å². The van der Waals surface area contributed by atoms with Crippen molar-refractivity contribution in [2.24, 2.45) is 0 Å². The van der Waals surface area contributed by atoms with Gasteiger partial charge in [0.2, 0.25) is 0 Å². The number of carboxylic acid groups (broad SMARTS) is 1. The van der Waals surface area contributed by atoms with Crippen molar-refractivity contribution in [2.45, 2.75) is 12.8 Å². The average Bonchev–Trinajstić information content (AvgIpc) is 3.02. The van der Waals surface area contributed by atoms with E-state index in [0.29, 0.717) is 11.5 Å². The molecule has 0 amide bonds. The number of carbonyl (C=O) groups is 1. The van der Waals surface area contributed by atoms with Crippen molar-refractivity contribution >= 4 is 11.7 Å². The number of hydrogen-bond acceptors (Lipinski definition) is 3. The molecule has 4 heteroatoms. The zero-order valence-electron chi connectivity index (χ0n) is 11.7. The van der Waals surface area contributed by atoms with Crippen molar-refractivity contribution in [3.63, 3.8) is 0 Å². The Morgan fingerprint density at radius 3 is 2.38 bits per heavy atom. The van der Waals surface area contributed by atoms with Crippen LogP contribution in [0.1, 0.15) is 23.2 Å². The van der Waals surface area contributed by atoms with Crippen LogP contribution in [-0.4, -0.2) is 24.2 Å². The van der Waals surface area contributed by atoms with E-state index in [-0.39, 0.29) is 5.56 Å². The molecule has 3 rings (SSSR count). The topological polar surface area (TPSA) is 49.8 Å². The minimum absolute atomic E-state index is 0.223. The summed E-state index contributed by atoms with van der Waals surface area (Å²) in [5.41, 5.74) is 1.43. The Labute approximate surface area is 123 Å². The lowest BCUT2D eigenvalue weighted by molar-refractivity contribution is 0.0696. The molecule has 0 unspecified atom stereocenters. The van der Waals surface area contributed by atoms with Crippen molar-refractivity contribution in [3.8, 4) is 11.5 Å². The zero-order chi connectivity index (χ0) is 14.7. The summed E-state index contributed by atoms with van der Waals surface area (Å²) in [6.07, 6.45) is 2.50. The minimum Gasteiger partial charge on any atom is -0.478 e. The van der Waals surface area contributed by atoms with E-state index in [9.17, 15) is 4.79 Å². The van der Waals surface area contributed by atoms with Gasteiger partial charge in [-0.25, -0.2) is 4.79 Å². The molecule has 0 aromatic heterocycles. The summed E-state index contributed by atoms with van der Waals surface area (Å²) in [6, 6.07) is 14.4. The third-order valence-corrected chi connectivity index (χ3v) is 3.62. The molecule has 1 fully saturated rings. The largest absolute Gasteiger partial charge is 0.478 e. The van der Waals surface area contributed by atoms with Crippen LogP contribution in [-0.2, 0) is 0 Å². The highest BCUT2D eigenvalue weighted by molar-refractivity contribution is 5.88. The fourth-order valence-corrected chi connectivity index (χ4v) is 2.53. The van der Waals surface area contributed by atoms with Crippen LogP contribution in [0.2, 0.25) is 0 Å². The number of hydrogen-bond donors (Lipinski definition) is 1. The van der Waals surface area contributed by atoms with Crippen LogP contribution in [0.3, 0.4) is 0 Å². The predicted octanol–water partition coefficient (Wildman–Crippen LogP) is 3.78. The number of carboxylic acids is 1. The maximum atomic E-state index is 10.9. The fraction of sp³-hybridized carbons (Fsp3) is 0.235. The second-order valence-corrected chi connectivity index (χ2v) is 5.12. The highest BCUT2D eigenvalue weighted by Crippen LogP contribution is 2.26. The Morgan fingerprint density at radius 2 is 1.71 bits per heavy atom. The molecular formula is C17H17NO3. The molecule has 21 heavy (non-hydrogen) atoms. The molecule has 2 aromatic rings. The van der Waals surface area contributed by atoms with Crippen LogP contribution in [0.25, 0.3) is 0 Å². The lowest BCUT2D eigenvalue weighted by atomic mass is 10.2. The first-order valence-corrected chi connectivity index (χ1v) is 7.08. The van der Waals surface area contributed by atoms with E-state index in [1.54, 1.807) is 18.2 Å². The van der Waals surface area contributed by atoms with Crippen LogP contribution in [0.4, 0.5) is 5.69 Å². The first-order valence-electron chi connectivity index (χ1n) is 7.08. The molecule has 108 valence electrons. The average molecular weight is 283 g/mol. The summed E-state index contributed by atoms with van der Waals surface area (Å²) < 4.78 is 5.70. The van der Waals surface area contributed by atoms with Crippen LogP contribution >= 0.6 is 0 Å². The molecule has 0 radical (unpaired) electrons. The summed E-state index contributed by atoms with van der Waals surface area (Å²) in [7, 11) is 0. The summed E-state index contributed by atoms with van der Waals surface area (Å²) in [5, 5.41) is 8.97. The summed E-state index contributed by atoms with van der Waals surface area (Å²) in [6.45, 7) is 2.22. The number of ether oxygens (including phenoxy) is 1. The summed E-state index contributed by atoms with van der Waals surface area (Å²) in [4.78, 5) is 13.3. The van der Waals surface area contributed by atoms with Crippen LogP contribution in [0.15, 0.2) is 48.5 Å². The quantitative estimate of drug-likeness (QED) is 0.927. The first-order chi connectivity index (χ1) is 10.2. The van der Waals surface area contributed by atoms with Gasteiger partial charge in [0, 0.05) is 18.8 Å². The molecule has 2 aromatic carbocycles. The van der Waals surface area contributed by atoms with Gasteiger partial charge in [0.25, 0.3) is 0 Å². The summed E-state index contributed by atoms with van der Waals surface area (Å²) in [5.74, 6) is 0.286. The molecule has 0 atom stereocenters. The molecule has 1 saturated heterocycles. The van der Waals surface area contributed by atoms with E-state index in [2.05, 4.69) is 4.90 Å². The SMILES string of the molecule is O=C(O)c1cccc(Oc2ccc(N3CCCC3)cc2)c1. The van der Waals surface area contributed by atoms with Gasteiger partial charge in [0.1, 0.15) is 11.5 Å². The van der Waals surface area contributed by atoms with Gasteiger partial charge in [-0.15, -0.1) is 0 Å². The molecular weight excluding hydrogens is 266 g/mol. The molecule has 0 bridgehead atoms. The maximum absolute atomic E-state index is 10.9. The Morgan fingerprint density at radius 1 is 1.00 bits per heavy atom. The number of nitrogens with zero attached hydrogens (tertiary/aromatic N) is 1. The van der Waals surface area contributed by atoms with Crippen LogP contribution in [0.5, 0.6) is 11.5 Å². The van der Waals surface area contributed by atoms with E-state index in [4.69, 9.17) is 9.84 Å². The molecule has 0 spiro atoms. The van der Waals surface area contributed by atoms with E-state index >= 15 is 0 Å². The van der Waals surface area contributed by atoms with Gasteiger partial charge < -0.3 is 14.7 Å². The minimum atomic E-state index is -0.954. The van der Waals surface area contributed by atoms with Crippen molar-refractivity contribution in [3.05, 3.63) is 54.1 Å².